The first-order valence-corrected chi connectivity index (χ1v) is 13.4. The highest BCUT2D eigenvalue weighted by Crippen LogP contribution is 2.37. The van der Waals surface area contributed by atoms with Crippen LogP contribution in [0.25, 0.3) is 0 Å². The molecule has 1 N–H and O–H groups in total. The van der Waals surface area contributed by atoms with E-state index in [-0.39, 0.29) is 6.10 Å². The highest BCUT2D eigenvalue weighted by atomic mass is 35.5. The van der Waals surface area contributed by atoms with E-state index in [1.807, 2.05) is 36.4 Å². The van der Waals surface area contributed by atoms with Gasteiger partial charge in [-0.2, -0.15) is 0 Å². The summed E-state index contributed by atoms with van der Waals surface area (Å²) in [5, 5.41) is 7.79. The van der Waals surface area contributed by atoms with E-state index in [0.29, 0.717) is 17.1 Å². The zero-order valence-electron chi connectivity index (χ0n) is 20.1. The van der Waals surface area contributed by atoms with Gasteiger partial charge in [-0.25, -0.2) is 0 Å². The van der Waals surface area contributed by atoms with Crippen molar-refractivity contribution in [2.45, 2.75) is 23.9 Å². The van der Waals surface area contributed by atoms with E-state index in [0.717, 1.165) is 55.2 Å². The summed E-state index contributed by atoms with van der Waals surface area (Å²) in [6.45, 7) is 4.70. The van der Waals surface area contributed by atoms with Crippen LogP contribution in [0.1, 0.15) is 29.2 Å². The van der Waals surface area contributed by atoms with Crippen LogP contribution >= 0.6 is 34.8 Å². The average Bonchev–Trinajstić information content (AvgIpc) is 3.40. The molecule has 1 amide bonds. The molecule has 0 spiro atoms. The maximum Gasteiger partial charge on any atom is 0.257 e. The van der Waals surface area contributed by atoms with Crippen LogP contribution in [0.5, 0.6) is 0 Å². The number of piperazine rings is 1. The number of rotatable bonds is 7. The Morgan fingerprint density at radius 1 is 1.00 bits per heavy atom. The van der Waals surface area contributed by atoms with E-state index < -0.39 is 10.7 Å². The molecule has 9 heteroatoms. The molecule has 37 heavy (non-hydrogen) atoms. The Hall–Kier alpha value is -2.77. The maximum absolute atomic E-state index is 11.9. The van der Waals surface area contributed by atoms with E-state index in [1.54, 1.807) is 6.07 Å². The van der Waals surface area contributed by atoms with Gasteiger partial charge in [-0.15, -0.1) is 0 Å². The molecule has 2 heterocycles. The third-order valence-electron chi connectivity index (χ3n) is 6.64. The van der Waals surface area contributed by atoms with Crippen molar-refractivity contribution in [3.63, 3.8) is 0 Å². The number of anilines is 2. The molecule has 1 atom stereocenters. The number of nitrogens with one attached hydrogen (secondary N) is 1. The fourth-order valence-electron chi connectivity index (χ4n) is 4.77. The summed E-state index contributed by atoms with van der Waals surface area (Å²) < 4.78 is 0. The largest absolute Gasteiger partial charge is 0.387 e. The molecule has 0 aliphatic carbocycles. The number of hydrogen-bond acceptors (Lipinski definition) is 5. The van der Waals surface area contributed by atoms with Gasteiger partial charge in [0, 0.05) is 56.1 Å². The van der Waals surface area contributed by atoms with E-state index >= 15 is 0 Å². The molecule has 0 bridgehead atoms. The standard InChI is InChI=1S/C28H27Cl3N4O2/c29-22-10-5-11-24(35-14-12-34(13-15-35)18-19-6-2-1-3-7-19)26(22)23-17-25(37-33-23)20-8-4-9-21(16-20)32-28(36)27(30)31/h1-11,16,25,27H,12-15,17-18H2,(H,32,36). The Kier molecular flexibility index (Phi) is 8.20. The summed E-state index contributed by atoms with van der Waals surface area (Å²) in [5.41, 5.74) is 5.62. The van der Waals surface area contributed by atoms with Gasteiger partial charge < -0.3 is 15.1 Å². The number of carbonyl (C=O) groups is 1. The number of amides is 1. The lowest BCUT2D eigenvalue weighted by Gasteiger charge is -2.37. The van der Waals surface area contributed by atoms with Crippen molar-refractivity contribution in [3.05, 3.63) is 94.5 Å². The predicted molar refractivity (Wildman–Crippen MR) is 151 cm³/mol. The molecule has 0 aromatic heterocycles. The van der Waals surface area contributed by atoms with E-state index in [4.69, 9.17) is 39.6 Å². The van der Waals surface area contributed by atoms with Crippen molar-refractivity contribution < 1.29 is 9.63 Å². The van der Waals surface area contributed by atoms with Crippen LogP contribution in [0.4, 0.5) is 11.4 Å². The van der Waals surface area contributed by atoms with Gasteiger partial charge in [-0.1, -0.05) is 88.5 Å². The lowest BCUT2D eigenvalue weighted by Crippen LogP contribution is -2.46. The molecular weight excluding hydrogens is 531 g/mol. The van der Waals surface area contributed by atoms with Crippen molar-refractivity contribution in [2.24, 2.45) is 5.16 Å². The van der Waals surface area contributed by atoms with Crippen molar-refractivity contribution in [3.8, 4) is 0 Å². The summed E-state index contributed by atoms with van der Waals surface area (Å²) in [4.78, 5) is 21.4. The summed E-state index contributed by atoms with van der Waals surface area (Å²) in [6.07, 6.45) is 0.275. The monoisotopic (exact) mass is 556 g/mol. The summed E-state index contributed by atoms with van der Waals surface area (Å²) in [5.74, 6) is -0.477. The summed E-state index contributed by atoms with van der Waals surface area (Å²) in [7, 11) is 0. The van der Waals surface area contributed by atoms with Gasteiger partial charge in [0.25, 0.3) is 5.91 Å². The third-order valence-corrected chi connectivity index (χ3v) is 7.35. The highest BCUT2D eigenvalue weighted by molar-refractivity contribution is 6.54. The summed E-state index contributed by atoms with van der Waals surface area (Å²) >= 11 is 18.0. The van der Waals surface area contributed by atoms with E-state index in [9.17, 15) is 4.79 Å². The van der Waals surface area contributed by atoms with Gasteiger partial charge in [0.05, 0.1) is 10.7 Å². The molecule has 1 unspecified atom stereocenters. The Morgan fingerprint density at radius 2 is 1.76 bits per heavy atom. The van der Waals surface area contributed by atoms with Crippen molar-refractivity contribution >= 4 is 57.8 Å². The molecule has 2 aliphatic heterocycles. The Labute approximate surface area is 231 Å². The minimum absolute atomic E-state index is 0.290. The number of alkyl halides is 2. The van der Waals surface area contributed by atoms with Crippen molar-refractivity contribution in [1.82, 2.24) is 4.90 Å². The first kappa shape index (κ1) is 25.9. The molecule has 1 saturated heterocycles. The molecule has 0 saturated carbocycles. The Bertz CT molecular complexity index is 1280. The zero-order valence-corrected chi connectivity index (χ0v) is 22.4. The van der Waals surface area contributed by atoms with Crippen LogP contribution in [-0.4, -0.2) is 47.5 Å². The minimum atomic E-state index is -1.14. The lowest BCUT2D eigenvalue weighted by molar-refractivity contribution is -0.114. The fraction of sp³-hybridized carbons (Fsp3) is 0.286. The number of halogens is 3. The van der Waals surface area contributed by atoms with Crippen molar-refractivity contribution in [1.29, 1.82) is 0 Å². The van der Waals surface area contributed by atoms with Gasteiger partial charge in [0.2, 0.25) is 0 Å². The predicted octanol–water partition coefficient (Wildman–Crippen LogP) is 6.27. The molecule has 192 valence electrons. The normalized spacial score (nSPS) is 18.0. The second-order valence-corrected chi connectivity index (χ2v) is 10.6. The quantitative estimate of drug-likeness (QED) is 0.348. The van der Waals surface area contributed by atoms with Gasteiger partial charge in [0.15, 0.2) is 10.9 Å². The molecule has 3 aromatic carbocycles. The van der Waals surface area contributed by atoms with Gasteiger partial charge in [0.1, 0.15) is 0 Å². The molecule has 3 aromatic rings. The molecule has 0 radical (unpaired) electrons. The lowest BCUT2D eigenvalue weighted by atomic mass is 9.98. The molecule has 6 nitrogen and oxygen atoms in total. The second kappa shape index (κ2) is 11.7. The SMILES string of the molecule is O=C(Nc1cccc(C2CC(c3c(Cl)cccc3N3CCN(Cc4ccccc4)CC3)=NO2)c1)C(Cl)Cl. The number of carbonyl (C=O) groups excluding carboxylic acids is 1. The fourth-order valence-corrected chi connectivity index (χ4v) is 5.16. The van der Waals surface area contributed by atoms with Crippen molar-refractivity contribution in [2.75, 3.05) is 36.4 Å². The van der Waals surface area contributed by atoms with Crippen LogP contribution in [0, 0.1) is 0 Å². The molecule has 5 rings (SSSR count). The van der Waals surface area contributed by atoms with Crippen LogP contribution in [0.15, 0.2) is 78.0 Å². The van der Waals surface area contributed by atoms with Gasteiger partial charge in [-0.3, -0.25) is 9.69 Å². The number of oxime groups is 1. The number of hydrogen-bond donors (Lipinski definition) is 1. The number of nitrogens with zero attached hydrogens (tertiary/aromatic N) is 3. The molecule has 1 fully saturated rings. The van der Waals surface area contributed by atoms with Gasteiger partial charge in [-0.05, 0) is 35.4 Å². The Morgan fingerprint density at radius 3 is 2.51 bits per heavy atom. The molecular formula is C28H27Cl3N4O2. The zero-order chi connectivity index (χ0) is 25.8. The van der Waals surface area contributed by atoms with E-state index in [2.05, 4.69) is 50.6 Å². The first-order chi connectivity index (χ1) is 18.0. The Balaban J connectivity index is 1.27. The van der Waals surface area contributed by atoms with Gasteiger partial charge >= 0.3 is 0 Å². The van der Waals surface area contributed by atoms with E-state index in [1.165, 1.54) is 5.56 Å². The third kappa shape index (κ3) is 6.21. The van der Waals surface area contributed by atoms with Crippen LogP contribution in [0.3, 0.4) is 0 Å². The van der Waals surface area contributed by atoms with Crippen LogP contribution in [0.2, 0.25) is 5.02 Å². The van der Waals surface area contributed by atoms with Crippen LogP contribution in [-0.2, 0) is 16.2 Å². The second-order valence-electron chi connectivity index (χ2n) is 9.13. The molecule has 2 aliphatic rings. The minimum Gasteiger partial charge on any atom is -0.387 e. The topological polar surface area (TPSA) is 57.2 Å². The average molecular weight is 558 g/mol. The number of benzene rings is 3. The highest BCUT2D eigenvalue weighted by Gasteiger charge is 2.29. The first-order valence-electron chi connectivity index (χ1n) is 12.2. The van der Waals surface area contributed by atoms with Crippen LogP contribution < -0.4 is 10.2 Å². The summed E-state index contributed by atoms with van der Waals surface area (Å²) in [6, 6.07) is 24.0. The smallest absolute Gasteiger partial charge is 0.257 e. The maximum atomic E-state index is 11.9.